The van der Waals surface area contributed by atoms with Gasteiger partial charge >= 0.3 is 5.97 Å². The fraction of sp³-hybridized carbons (Fsp3) is 0.583. The van der Waals surface area contributed by atoms with Gasteiger partial charge in [0.15, 0.2) is 0 Å². The highest BCUT2D eigenvalue weighted by Crippen LogP contribution is 1.93. The molecule has 0 fully saturated rings. The minimum atomic E-state index is -0.139. The van der Waals surface area contributed by atoms with E-state index >= 15 is 0 Å². The maximum atomic E-state index is 11.1. The van der Waals surface area contributed by atoms with Gasteiger partial charge in [-0.25, -0.2) is 0 Å². The molecule has 0 radical (unpaired) electrons. The van der Waals surface area contributed by atoms with Gasteiger partial charge in [0.05, 0.1) is 13.0 Å². The van der Waals surface area contributed by atoms with Crippen molar-refractivity contribution in [2.24, 2.45) is 0 Å². The molecule has 2 heteroatoms. The van der Waals surface area contributed by atoms with Crippen LogP contribution in [0, 0.1) is 0 Å². The first-order chi connectivity index (χ1) is 6.81. The predicted molar refractivity (Wildman–Crippen MR) is 59.1 cm³/mol. The van der Waals surface area contributed by atoms with E-state index in [1.807, 2.05) is 25.2 Å². The third kappa shape index (κ3) is 9.04. The number of carbonyl (C=O) groups is 1. The molecule has 0 amide bonds. The standard InChI is InChI=1S/C12H20O2/c1-3-5-7-9-11-14-12(13)10-8-6-4-2/h5-8H,3-4,9-11H2,1-2H3/b7-5+,8-6-. The largest absolute Gasteiger partial charge is 0.465 e. The summed E-state index contributed by atoms with van der Waals surface area (Å²) in [6.07, 6.45) is 11.1. The van der Waals surface area contributed by atoms with Crippen LogP contribution in [0.5, 0.6) is 0 Å². The average molecular weight is 196 g/mol. The zero-order valence-corrected chi connectivity index (χ0v) is 9.16. The van der Waals surface area contributed by atoms with Gasteiger partial charge in [-0.1, -0.05) is 38.2 Å². The molecule has 0 saturated heterocycles. The van der Waals surface area contributed by atoms with Crippen LogP contribution in [-0.4, -0.2) is 12.6 Å². The molecule has 0 aliphatic heterocycles. The first-order valence-corrected chi connectivity index (χ1v) is 5.26. The van der Waals surface area contributed by atoms with E-state index in [-0.39, 0.29) is 5.97 Å². The fourth-order valence-corrected chi connectivity index (χ4v) is 0.930. The lowest BCUT2D eigenvalue weighted by molar-refractivity contribution is -0.142. The summed E-state index contributed by atoms with van der Waals surface area (Å²) in [6, 6.07) is 0. The summed E-state index contributed by atoms with van der Waals surface area (Å²) in [6.45, 7) is 4.62. The Morgan fingerprint density at radius 1 is 1.07 bits per heavy atom. The monoisotopic (exact) mass is 196 g/mol. The van der Waals surface area contributed by atoms with Gasteiger partial charge in [-0.3, -0.25) is 4.79 Å². The molecule has 0 atom stereocenters. The van der Waals surface area contributed by atoms with Gasteiger partial charge in [0.2, 0.25) is 0 Å². The number of ether oxygens (including phenoxy) is 1. The molecule has 0 aromatic carbocycles. The summed E-state index contributed by atoms with van der Waals surface area (Å²) in [7, 11) is 0. The second kappa shape index (κ2) is 10.0. The fourth-order valence-electron chi connectivity index (χ4n) is 0.930. The number of carbonyl (C=O) groups excluding carboxylic acids is 1. The van der Waals surface area contributed by atoms with Crippen LogP contribution in [0.3, 0.4) is 0 Å². The van der Waals surface area contributed by atoms with E-state index in [0.717, 1.165) is 19.3 Å². The van der Waals surface area contributed by atoms with Crippen molar-refractivity contribution in [3.8, 4) is 0 Å². The maximum Gasteiger partial charge on any atom is 0.309 e. The van der Waals surface area contributed by atoms with Crippen LogP contribution in [0.1, 0.15) is 39.5 Å². The molecule has 0 aliphatic carbocycles. The summed E-state index contributed by atoms with van der Waals surface area (Å²) in [5.41, 5.74) is 0. The number of rotatable bonds is 7. The van der Waals surface area contributed by atoms with E-state index in [9.17, 15) is 4.79 Å². The van der Waals surface area contributed by atoms with E-state index < -0.39 is 0 Å². The van der Waals surface area contributed by atoms with Crippen molar-refractivity contribution >= 4 is 5.97 Å². The molecule has 0 aromatic heterocycles. The van der Waals surface area contributed by atoms with Gasteiger partial charge < -0.3 is 4.74 Å². The molecule has 0 aliphatic rings. The summed E-state index contributed by atoms with van der Waals surface area (Å²) in [5.74, 6) is -0.139. The van der Waals surface area contributed by atoms with Crippen LogP contribution in [0.15, 0.2) is 24.3 Å². The van der Waals surface area contributed by atoms with Crippen molar-refractivity contribution in [1.82, 2.24) is 0 Å². The third-order valence-corrected chi connectivity index (χ3v) is 1.64. The number of allylic oxidation sites excluding steroid dienone is 2. The summed E-state index contributed by atoms with van der Waals surface area (Å²) in [5, 5.41) is 0. The first-order valence-electron chi connectivity index (χ1n) is 5.26. The van der Waals surface area contributed by atoms with Crippen molar-refractivity contribution in [2.75, 3.05) is 6.61 Å². The Balaban J connectivity index is 3.35. The van der Waals surface area contributed by atoms with E-state index in [2.05, 4.69) is 13.0 Å². The van der Waals surface area contributed by atoms with Crippen molar-refractivity contribution in [2.45, 2.75) is 39.5 Å². The van der Waals surface area contributed by atoms with Crippen molar-refractivity contribution in [3.63, 3.8) is 0 Å². The smallest absolute Gasteiger partial charge is 0.309 e. The minimum absolute atomic E-state index is 0.139. The molecule has 0 heterocycles. The highest BCUT2D eigenvalue weighted by Gasteiger charge is 1.96. The first kappa shape index (κ1) is 12.9. The molecule has 2 nitrogen and oxygen atoms in total. The van der Waals surface area contributed by atoms with Crippen LogP contribution < -0.4 is 0 Å². The SMILES string of the molecule is CC/C=C\CC(=O)OCC/C=C/CC. The Hall–Kier alpha value is -1.05. The van der Waals surface area contributed by atoms with Crippen LogP contribution in [0.4, 0.5) is 0 Å². The molecule has 80 valence electrons. The van der Waals surface area contributed by atoms with Crippen LogP contribution >= 0.6 is 0 Å². The Labute approximate surface area is 86.6 Å². The van der Waals surface area contributed by atoms with Crippen molar-refractivity contribution in [3.05, 3.63) is 24.3 Å². The van der Waals surface area contributed by atoms with Gasteiger partial charge in [0, 0.05) is 0 Å². The Morgan fingerprint density at radius 3 is 2.36 bits per heavy atom. The van der Waals surface area contributed by atoms with Gasteiger partial charge in [-0.15, -0.1) is 0 Å². The van der Waals surface area contributed by atoms with Gasteiger partial charge in [0.25, 0.3) is 0 Å². The quantitative estimate of drug-likeness (QED) is 0.355. The van der Waals surface area contributed by atoms with Crippen molar-refractivity contribution < 1.29 is 9.53 Å². The third-order valence-electron chi connectivity index (χ3n) is 1.64. The van der Waals surface area contributed by atoms with Crippen molar-refractivity contribution in [1.29, 1.82) is 0 Å². The number of hydrogen-bond donors (Lipinski definition) is 0. The predicted octanol–water partition coefficient (Wildman–Crippen LogP) is 3.24. The Bertz CT molecular complexity index is 192. The molecular formula is C12H20O2. The normalized spacial score (nSPS) is 11.3. The molecule has 0 unspecified atom stereocenters. The number of esters is 1. The lowest BCUT2D eigenvalue weighted by atomic mass is 10.3. The summed E-state index contributed by atoms with van der Waals surface area (Å²) >= 11 is 0. The summed E-state index contributed by atoms with van der Waals surface area (Å²) < 4.78 is 4.99. The Kier molecular flexibility index (Phi) is 9.28. The minimum Gasteiger partial charge on any atom is -0.465 e. The zero-order valence-electron chi connectivity index (χ0n) is 9.16. The molecule has 0 N–H and O–H groups in total. The molecule has 0 bridgehead atoms. The maximum absolute atomic E-state index is 11.1. The van der Waals surface area contributed by atoms with Crippen LogP contribution in [-0.2, 0) is 9.53 Å². The molecule has 0 spiro atoms. The summed E-state index contributed by atoms with van der Waals surface area (Å²) in [4.78, 5) is 11.1. The van der Waals surface area contributed by atoms with Gasteiger partial charge in [-0.2, -0.15) is 0 Å². The molecule has 0 saturated carbocycles. The molecule has 0 aromatic rings. The second-order valence-corrected chi connectivity index (χ2v) is 2.97. The van der Waals surface area contributed by atoms with E-state index in [0.29, 0.717) is 13.0 Å². The zero-order chi connectivity index (χ0) is 10.6. The van der Waals surface area contributed by atoms with Gasteiger partial charge in [0.1, 0.15) is 0 Å². The topological polar surface area (TPSA) is 26.3 Å². The van der Waals surface area contributed by atoms with E-state index in [1.54, 1.807) is 0 Å². The molecular weight excluding hydrogens is 176 g/mol. The van der Waals surface area contributed by atoms with Crippen LogP contribution in [0.25, 0.3) is 0 Å². The van der Waals surface area contributed by atoms with E-state index in [1.165, 1.54) is 0 Å². The average Bonchev–Trinajstić information content (AvgIpc) is 2.18. The second-order valence-electron chi connectivity index (χ2n) is 2.97. The Morgan fingerprint density at radius 2 is 1.71 bits per heavy atom. The highest BCUT2D eigenvalue weighted by molar-refractivity contribution is 5.71. The van der Waals surface area contributed by atoms with E-state index in [4.69, 9.17) is 4.74 Å². The number of hydrogen-bond acceptors (Lipinski definition) is 2. The lowest BCUT2D eigenvalue weighted by Gasteiger charge is -1.99. The highest BCUT2D eigenvalue weighted by atomic mass is 16.5. The lowest BCUT2D eigenvalue weighted by Crippen LogP contribution is -2.03. The van der Waals surface area contributed by atoms with Gasteiger partial charge in [-0.05, 0) is 19.3 Å². The molecule has 14 heavy (non-hydrogen) atoms. The molecule has 0 rings (SSSR count). The van der Waals surface area contributed by atoms with Crippen LogP contribution in [0.2, 0.25) is 0 Å².